The zero-order valence-electron chi connectivity index (χ0n) is 17.4. The summed E-state index contributed by atoms with van der Waals surface area (Å²) in [7, 11) is 0. The van der Waals surface area contributed by atoms with Crippen LogP contribution in [0.3, 0.4) is 0 Å². The Morgan fingerprint density at radius 3 is 2.38 bits per heavy atom. The summed E-state index contributed by atoms with van der Waals surface area (Å²) in [5.41, 5.74) is 2.68. The van der Waals surface area contributed by atoms with Crippen LogP contribution in [0.15, 0.2) is 36.5 Å². The highest BCUT2D eigenvalue weighted by Crippen LogP contribution is 2.22. The highest BCUT2D eigenvalue weighted by Gasteiger charge is 2.22. The summed E-state index contributed by atoms with van der Waals surface area (Å²) in [5.74, 6) is 0.938. The standard InChI is InChI=1S/C23H31N5O/c1-2-3-12-26-15-17-27(18-16-26)22(29)20-8-6-19(7-9-20)21-10-11-24-23(25-21)28-13-4-5-14-28/h6-11H,2-5,12-18H2,1H3. The van der Waals surface area contributed by atoms with Gasteiger partial charge in [-0.15, -0.1) is 0 Å². The van der Waals surface area contributed by atoms with Gasteiger partial charge in [-0.25, -0.2) is 9.97 Å². The first kappa shape index (κ1) is 19.8. The molecular formula is C23H31N5O. The third-order valence-corrected chi connectivity index (χ3v) is 5.95. The molecule has 3 heterocycles. The van der Waals surface area contributed by atoms with E-state index in [0.717, 1.165) is 68.6 Å². The maximum atomic E-state index is 12.9. The van der Waals surface area contributed by atoms with Crippen LogP contribution in [0.1, 0.15) is 43.0 Å². The normalized spacial score (nSPS) is 17.7. The monoisotopic (exact) mass is 393 g/mol. The molecule has 0 saturated carbocycles. The molecule has 2 fully saturated rings. The van der Waals surface area contributed by atoms with Crippen LogP contribution < -0.4 is 4.90 Å². The van der Waals surface area contributed by atoms with Gasteiger partial charge in [-0.05, 0) is 44.0 Å². The van der Waals surface area contributed by atoms with Crippen LogP contribution in [0.2, 0.25) is 0 Å². The minimum atomic E-state index is 0.132. The first-order chi connectivity index (χ1) is 14.2. The molecule has 2 aliphatic heterocycles. The molecule has 0 aliphatic carbocycles. The number of amides is 1. The van der Waals surface area contributed by atoms with Crippen LogP contribution in [0, 0.1) is 0 Å². The second-order valence-corrected chi connectivity index (χ2v) is 8.00. The molecule has 0 spiro atoms. The van der Waals surface area contributed by atoms with E-state index in [2.05, 4.69) is 21.7 Å². The minimum Gasteiger partial charge on any atom is -0.341 e. The molecule has 29 heavy (non-hydrogen) atoms. The van der Waals surface area contributed by atoms with E-state index < -0.39 is 0 Å². The zero-order valence-corrected chi connectivity index (χ0v) is 17.4. The molecule has 2 aromatic rings. The van der Waals surface area contributed by atoms with Gasteiger partial charge in [0.15, 0.2) is 0 Å². The fraction of sp³-hybridized carbons (Fsp3) is 0.522. The quantitative estimate of drug-likeness (QED) is 0.754. The summed E-state index contributed by atoms with van der Waals surface area (Å²) in [5, 5.41) is 0. The molecule has 0 atom stereocenters. The Morgan fingerprint density at radius 2 is 1.69 bits per heavy atom. The van der Waals surface area contributed by atoms with Crippen molar-refractivity contribution in [1.82, 2.24) is 19.8 Å². The Labute approximate surface area is 173 Å². The predicted octanol–water partition coefficient (Wildman–Crippen LogP) is 3.30. The summed E-state index contributed by atoms with van der Waals surface area (Å²) >= 11 is 0. The Hall–Kier alpha value is -2.47. The van der Waals surface area contributed by atoms with Gasteiger partial charge in [0, 0.05) is 56.6 Å². The lowest BCUT2D eigenvalue weighted by molar-refractivity contribution is 0.0636. The van der Waals surface area contributed by atoms with E-state index in [-0.39, 0.29) is 5.91 Å². The van der Waals surface area contributed by atoms with Crippen LogP contribution in [-0.2, 0) is 0 Å². The van der Waals surface area contributed by atoms with Gasteiger partial charge in [0.1, 0.15) is 0 Å². The van der Waals surface area contributed by atoms with Gasteiger partial charge in [0.2, 0.25) is 5.95 Å². The Balaban J connectivity index is 1.39. The van der Waals surface area contributed by atoms with Crippen LogP contribution in [0.5, 0.6) is 0 Å². The summed E-state index contributed by atoms with van der Waals surface area (Å²) in [4.78, 5) is 28.7. The van der Waals surface area contributed by atoms with E-state index in [1.165, 1.54) is 25.7 Å². The molecule has 0 N–H and O–H groups in total. The van der Waals surface area contributed by atoms with Crippen molar-refractivity contribution in [2.45, 2.75) is 32.6 Å². The molecule has 0 radical (unpaired) electrons. The van der Waals surface area contributed by atoms with Crippen molar-refractivity contribution in [3.63, 3.8) is 0 Å². The molecule has 2 aliphatic rings. The van der Waals surface area contributed by atoms with E-state index in [4.69, 9.17) is 4.98 Å². The van der Waals surface area contributed by atoms with Gasteiger partial charge in [-0.3, -0.25) is 9.69 Å². The maximum absolute atomic E-state index is 12.9. The Kier molecular flexibility index (Phi) is 6.39. The number of nitrogens with zero attached hydrogens (tertiary/aromatic N) is 5. The molecule has 154 valence electrons. The van der Waals surface area contributed by atoms with Gasteiger partial charge >= 0.3 is 0 Å². The largest absolute Gasteiger partial charge is 0.341 e. The van der Waals surface area contributed by atoms with E-state index in [1.54, 1.807) is 0 Å². The maximum Gasteiger partial charge on any atom is 0.253 e. The first-order valence-corrected chi connectivity index (χ1v) is 10.9. The van der Waals surface area contributed by atoms with Crippen molar-refractivity contribution in [3.8, 4) is 11.3 Å². The molecule has 6 nitrogen and oxygen atoms in total. The van der Waals surface area contributed by atoms with Crippen LogP contribution in [0.25, 0.3) is 11.3 Å². The van der Waals surface area contributed by atoms with Crippen molar-refractivity contribution in [3.05, 3.63) is 42.1 Å². The second kappa shape index (κ2) is 9.35. The summed E-state index contributed by atoms with van der Waals surface area (Å²) < 4.78 is 0. The number of carbonyl (C=O) groups is 1. The number of rotatable bonds is 6. The molecule has 0 unspecified atom stereocenters. The average molecular weight is 394 g/mol. The van der Waals surface area contributed by atoms with Gasteiger partial charge in [0.05, 0.1) is 5.69 Å². The third kappa shape index (κ3) is 4.75. The summed E-state index contributed by atoms with van der Waals surface area (Å²) in [6, 6.07) is 9.80. The fourth-order valence-corrected chi connectivity index (χ4v) is 4.10. The molecule has 1 amide bonds. The number of piperazine rings is 1. The van der Waals surface area contributed by atoms with Gasteiger partial charge in [-0.1, -0.05) is 25.5 Å². The van der Waals surface area contributed by atoms with Crippen molar-refractivity contribution >= 4 is 11.9 Å². The van der Waals surface area contributed by atoms with Gasteiger partial charge < -0.3 is 9.80 Å². The molecule has 1 aromatic carbocycles. The van der Waals surface area contributed by atoms with E-state index in [9.17, 15) is 4.79 Å². The number of anilines is 1. The number of hydrogen-bond donors (Lipinski definition) is 0. The van der Waals surface area contributed by atoms with E-state index in [0.29, 0.717) is 0 Å². The smallest absolute Gasteiger partial charge is 0.253 e. The van der Waals surface area contributed by atoms with Crippen molar-refractivity contribution in [2.24, 2.45) is 0 Å². The lowest BCUT2D eigenvalue weighted by Crippen LogP contribution is -2.48. The van der Waals surface area contributed by atoms with E-state index in [1.807, 2.05) is 41.4 Å². The average Bonchev–Trinajstić information content (AvgIpc) is 3.33. The molecule has 2 saturated heterocycles. The lowest BCUT2D eigenvalue weighted by Gasteiger charge is -2.34. The number of hydrogen-bond acceptors (Lipinski definition) is 5. The number of carbonyl (C=O) groups excluding carboxylic acids is 1. The van der Waals surface area contributed by atoms with Crippen molar-refractivity contribution in [1.29, 1.82) is 0 Å². The predicted molar refractivity (Wildman–Crippen MR) is 116 cm³/mol. The third-order valence-electron chi connectivity index (χ3n) is 5.95. The van der Waals surface area contributed by atoms with E-state index >= 15 is 0 Å². The van der Waals surface area contributed by atoms with Crippen LogP contribution in [-0.4, -0.2) is 71.5 Å². The zero-order chi connectivity index (χ0) is 20.1. The van der Waals surface area contributed by atoms with Gasteiger partial charge in [-0.2, -0.15) is 0 Å². The molecular weight excluding hydrogens is 362 g/mol. The fourth-order valence-electron chi connectivity index (χ4n) is 4.10. The Bertz CT molecular complexity index is 808. The highest BCUT2D eigenvalue weighted by atomic mass is 16.2. The molecule has 0 bridgehead atoms. The topological polar surface area (TPSA) is 52.6 Å². The Morgan fingerprint density at radius 1 is 0.966 bits per heavy atom. The van der Waals surface area contributed by atoms with Crippen LogP contribution in [0.4, 0.5) is 5.95 Å². The second-order valence-electron chi connectivity index (χ2n) is 8.00. The van der Waals surface area contributed by atoms with Crippen molar-refractivity contribution in [2.75, 3.05) is 50.7 Å². The first-order valence-electron chi connectivity index (χ1n) is 10.9. The summed E-state index contributed by atoms with van der Waals surface area (Å²) in [6.07, 6.45) is 6.69. The minimum absolute atomic E-state index is 0.132. The number of benzene rings is 1. The lowest BCUT2D eigenvalue weighted by atomic mass is 10.1. The van der Waals surface area contributed by atoms with Crippen molar-refractivity contribution < 1.29 is 4.79 Å². The molecule has 6 heteroatoms. The van der Waals surface area contributed by atoms with Crippen LogP contribution >= 0.6 is 0 Å². The number of aromatic nitrogens is 2. The highest BCUT2D eigenvalue weighted by molar-refractivity contribution is 5.94. The molecule has 4 rings (SSSR count). The number of unbranched alkanes of at least 4 members (excludes halogenated alkanes) is 1. The molecule has 1 aromatic heterocycles. The van der Waals surface area contributed by atoms with Gasteiger partial charge in [0.25, 0.3) is 5.91 Å². The summed E-state index contributed by atoms with van der Waals surface area (Å²) in [6.45, 7) is 9.01. The SMILES string of the molecule is CCCCN1CCN(C(=O)c2ccc(-c3ccnc(N4CCCC4)n3)cc2)CC1.